The molecule has 2 aliphatic rings. The lowest BCUT2D eigenvalue weighted by molar-refractivity contribution is -0.139. The smallest absolute Gasteiger partial charge is 0.314 e. The first-order valence-electron chi connectivity index (χ1n) is 13.4. The third-order valence-electron chi connectivity index (χ3n) is 8.21. The number of benzene rings is 4. The van der Waals surface area contributed by atoms with E-state index in [2.05, 4.69) is 98.0 Å². The van der Waals surface area contributed by atoms with Crippen LogP contribution in [0.1, 0.15) is 39.5 Å². The van der Waals surface area contributed by atoms with Crippen molar-refractivity contribution in [1.82, 2.24) is 0 Å². The van der Waals surface area contributed by atoms with Crippen molar-refractivity contribution in [3.8, 4) is 16.9 Å². The molecule has 2 aliphatic carbocycles. The number of carbonyl (C=O) groups is 1. The van der Waals surface area contributed by atoms with E-state index in [0.29, 0.717) is 23.6 Å². The Morgan fingerprint density at radius 1 is 0.833 bits per heavy atom. The molecule has 0 radical (unpaired) electrons. The van der Waals surface area contributed by atoms with Gasteiger partial charge in [0.2, 0.25) is 0 Å². The summed E-state index contributed by atoms with van der Waals surface area (Å²) in [5.74, 6) is 1.34. The molecule has 0 aliphatic heterocycles. The third kappa shape index (κ3) is 3.97. The highest BCUT2D eigenvalue weighted by atomic mass is 16.5. The molecule has 0 unspecified atom stereocenters. The Morgan fingerprint density at radius 3 is 2.14 bits per heavy atom. The Balaban J connectivity index is 1.55. The summed E-state index contributed by atoms with van der Waals surface area (Å²) >= 11 is 0. The number of hydrogen-bond donors (Lipinski definition) is 1. The lowest BCUT2D eigenvalue weighted by atomic mass is 9.91. The van der Waals surface area contributed by atoms with Gasteiger partial charge in [0.1, 0.15) is 5.75 Å². The first-order chi connectivity index (χ1) is 17.7. The molecule has 0 spiro atoms. The van der Waals surface area contributed by atoms with Crippen LogP contribution in [0.25, 0.3) is 32.7 Å². The molecule has 3 heteroatoms. The fourth-order valence-corrected chi connectivity index (χ4v) is 6.20. The third-order valence-corrected chi connectivity index (χ3v) is 8.21. The summed E-state index contributed by atoms with van der Waals surface area (Å²) in [5.41, 5.74) is 3.18. The average Bonchev–Trinajstić information content (AvgIpc) is 3.56. The molecule has 2 bridgehead atoms. The predicted molar refractivity (Wildman–Crippen MR) is 149 cm³/mol. The molecular formula is C33H33NO2. The quantitative estimate of drug-likeness (QED) is 0.166. The van der Waals surface area contributed by atoms with Gasteiger partial charge in [-0.1, -0.05) is 86.7 Å². The number of nitrogens with one attached hydrogen (secondary N) is 1. The number of fused-ring (bicyclic) bond motifs is 4. The highest BCUT2D eigenvalue weighted by Crippen LogP contribution is 2.47. The molecule has 3 nitrogen and oxygen atoms in total. The Kier molecular flexibility index (Phi) is 6.00. The van der Waals surface area contributed by atoms with Crippen LogP contribution in [-0.4, -0.2) is 12.0 Å². The lowest BCUT2D eigenvalue weighted by Gasteiger charge is -2.24. The summed E-state index contributed by atoms with van der Waals surface area (Å²) in [6.07, 6.45) is 8.54. The minimum absolute atomic E-state index is 0.0472. The molecule has 4 aromatic rings. The van der Waals surface area contributed by atoms with Crippen LogP contribution in [0.2, 0.25) is 0 Å². The molecule has 3 atom stereocenters. The van der Waals surface area contributed by atoms with Gasteiger partial charge in [0.05, 0.1) is 5.92 Å². The van der Waals surface area contributed by atoms with E-state index in [1.165, 1.54) is 5.39 Å². The maximum absolute atomic E-state index is 13.5. The minimum Gasteiger partial charge on any atom is -0.426 e. The zero-order valence-electron chi connectivity index (χ0n) is 21.0. The summed E-state index contributed by atoms with van der Waals surface area (Å²) in [6.45, 7) is 4.44. The monoisotopic (exact) mass is 475 g/mol. The normalized spacial score (nSPS) is 20.5. The molecule has 0 heterocycles. The molecule has 1 saturated carbocycles. The van der Waals surface area contributed by atoms with Crippen LogP contribution in [0, 0.1) is 17.8 Å². The van der Waals surface area contributed by atoms with Crippen molar-refractivity contribution in [3.63, 3.8) is 0 Å². The summed E-state index contributed by atoms with van der Waals surface area (Å²) in [5, 5.41) is 8.37. The van der Waals surface area contributed by atoms with Crippen molar-refractivity contribution in [2.24, 2.45) is 17.8 Å². The van der Waals surface area contributed by atoms with Crippen LogP contribution in [0.4, 0.5) is 5.69 Å². The molecule has 36 heavy (non-hydrogen) atoms. The summed E-state index contributed by atoms with van der Waals surface area (Å²) in [4.78, 5) is 13.5. The van der Waals surface area contributed by atoms with Crippen LogP contribution in [0.15, 0.2) is 84.9 Å². The van der Waals surface area contributed by atoms with Crippen LogP contribution in [-0.2, 0) is 4.79 Å². The molecule has 182 valence electrons. The van der Waals surface area contributed by atoms with Crippen molar-refractivity contribution in [1.29, 1.82) is 0 Å². The number of allylic oxidation sites excluding steroid dienone is 2. The second-order valence-corrected chi connectivity index (χ2v) is 10.3. The van der Waals surface area contributed by atoms with Crippen LogP contribution >= 0.6 is 0 Å². The first kappa shape index (κ1) is 22.8. The van der Waals surface area contributed by atoms with Crippen molar-refractivity contribution in [3.05, 3.63) is 84.9 Å². The number of esters is 1. The summed E-state index contributed by atoms with van der Waals surface area (Å²) in [7, 11) is 0. The van der Waals surface area contributed by atoms with E-state index >= 15 is 0 Å². The van der Waals surface area contributed by atoms with Gasteiger partial charge in [0, 0.05) is 22.9 Å². The molecule has 1 N–H and O–H groups in total. The van der Waals surface area contributed by atoms with Gasteiger partial charge in [-0.3, -0.25) is 4.79 Å². The van der Waals surface area contributed by atoms with Gasteiger partial charge in [0.15, 0.2) is 0 Å². The van der Waals surface area contributed by atoms with E-state index in [-0.39, 0.29) is 11.9 Å². The van der Waals surface area contributed by atoms with E-state index in [0.717, 1.165) is 58.7 Å². The van der Waals surface area contributed by atoms with Crippen molar-refractivity contribution < 1.29 is 9.53 Å². The van der Waals surface area contributed by atoms with Gasteiger partial charge in [-0.15, -0.1) is 0 Å². The van der Waals surface area contributed by atoms with Crippen LogP contribution in [0.5, 0.6) is 5.75 Å². The maximum atomic E-state index is 13.5. The first-order valence-corrected chi connectivity index (χ1v) is 13.4. The zero-order valence-corrected chi connectivity index (χ0v) is 21.0. The second-order valence-electron chi connectivity index (χ2n) is 10.3. The van der Waals surface area contributed by atoms with Gasteiger partial charge < -0.3 is 10.1 Å². The van der Waals surface area contributed by atoms with Gasteiger partial charge >= 0.3 is 5.97 Å². The highest BCUT2D eigenvalue weighted by Gasteiger charge is 2.41. The summed E-state index contributed by atoms with van der Waals surface area (Å²) in [6, 6.07) is 25.7. The van der Waals surface area contributed by atoms with E-state index in [4.69, 9.17) is 4.74 Å². The van der Waals surface area contributed by atoms with Crippen LogP contribution in [0.3, 0.4) is 0 Å². The average molecular weight is 476 g/mol. The van der Waals surface area contributed by atoms with Gasteiger partial charge in [-0.05, 0) is 71.2 Å². The van der Waals surface area contributed by atoms with Gasteiger partial charge in [-0.25, -0.2) is 0 Å². The predicted octanol–water partition coefficient (Wildman–Crippen LogP) is 8.38. The summed E-state index contributed by atoms with van der Waals surface area (Å²) < 4.78 is 6.31. The van der Waals surface area contributed by atoms with E-state index in [1.807, 2.05) is 6.07 Å². The SMILES string of the molecule is CCC(CC)Nc1ccc2ccccc2c1-c1c(OC(=O)[C@@H]2C[C@@H]3C=C[C@H]2C3)ccc2ccccc12. The Labute approximate surface area is 213 Å². The fraction of sp³-hybridized carbons (Fsp3) is 0.303. The van der Waals surface area contributed by atoms with E-state index < -0.39 is 0 Å². The molecule has 0 aromatic heterocycles. The molecule has 6 rings (SSSR count). The van der Waals surface area contributed by atoms with Crippen LogP contribution < -0.4 is 10.1 Å². The van der Waals surface area contributed by atoms with Gasteiger partial charge in [-0.2, -0.15) is 0 Å². The molecule has 0 amide bonds. The fourth-order valence-electron chi connectivity index (χ4n) is 6.20. The number of rotatable bonds is 7. The van der Waals surface area contributed by atoms with Crippen molar-refractivity contribution in [2.75, 3.05) is 5.32 Å². The Hall–Kier alpha value is -3.59. The maximum Gasteiger partial charge on any atom is 0.314 e. The van der Waals surface area contributed by atoms with E-state index in [1.54, 1.807) is 0 Å². The van der Waals surface area contributed by atoms with Crippen molar-refractivity contribution >= 4 is 33.2 Å². The van der Waals surface area contributed by atoms with E-state index in [9.17, 15) is 4.79 Å². The largest absolute Gasteiger partial charge is 0.426 e. The number of anilines is 1. The Morgan fingerprint density at radius 2 is 1.50 bits per heavy atom. The standard InChI is InChI=1S/C33H33NO2/c1-3-25(4-2)34-29-17-15-22-9-5-7-11-26(22)31(29)32-27-12-8-6-10-23(27)16-18-30(32)36-33(35)28-20-21-13-14-24(28)19-21/h5-18,21,24-25,28,34H,3-4,19-20H2,1-2H3/t21-,24+,28-/m1/s1. The molecule has 1 fully saturated rings. The topological polar surface area (TPSA) is 38.3 Å². The Bertz CT molecular complexity index is 1470. The molecular weight excluding hydrogens is 442 g/mol. The van der Waals surface area contributed by atoms with Crippen molar-refractivity contribution in [2.45, 2.75) is 45.6 Å². The lowest BCUT2D eigenvalue weighted by Crippen LogP contribution is -2.24. The molecule has 0 saturated heterocycles. The molecule has 4 aromatic carbocycles. The zero-order chi connectivity index (χ0) is 24.6. The minimum atomic E-state index is -0.0990. The number of ether oxygens (including phenoxy) is 1. The van der Waals surface area contributed by atoms with Gasteiger partial charge in [0.25, 0.3) is 0 Å². The number of carbonyl (C=O) groups excluding carboxylic acids is 1. The number of hydrogen-bond acceptors (Lipinski definition) is 3. The second kappa shape index (κ2) is 9.46. The highest BCUT2D eigenvalue weighted by molar-refractivity contribution is 6.12.